The smallest absolute Gasteiger partial charge is 0.305 e. The van der Waals surface area contributed by atoms with E-state index in [9.17, 15) is 4.79 Å². The van der Waals surface area contributed by atoms with Crippen molar-refractivity contribution >= 4 is 22.6 Å². The molecule has 4 heteroatoms. The van der Waals surface area contributed by atoms with Gasteiger partial charge in [0.25, 0.3) is 0 Å². The molecule has 2 fully saturated rings. The molecule has 1 N–H and O–H groups in total. The molecule has 1 aromatic carbocycles. The minimum atomic E-state index is -0.0366. The zero-order chi connectivity index (χ0) is 26.5. The first kappa shape index (κ1) is 26.5. The normalized spacial score (nSPS) is 25.9. The van der Waals surface area contributed by atoms with E-state index >= 15 is 0 Å². The maximum absolute atomic E-state index is 11.4. The van der Waals surface area contributed by atoms with Crippen LogP contribution in [-0.4, -0.2) is 23.0 Å². The fourth-order valence-electron chi connectivity index (χ4n) is 6.40. The number of hydrogen-bond acceptors (Lipinski definition) is 3. The van der Waals surface area contributed by atoms with Crippen LogP contribution in [0.4, 0.5) is 0 Å². The number of nitrogens with zero attached hydrogens (tertiary/aromatic N) is 1. The predicted octanol–water partition coefficient (Wildman–Crippen LogP) is 8.46. The van der Waals surface area contributed by atoms with Crippen molar-refractivity contribution in [3.05, 3.63) is 83.3 Å². The van der Waals surface area contributed by atoms with Crippen molar-refractivity contribution in [3.8, 4) is 0 Å². The number of rotatable bonds is 5. The molecule has 0 aliphatic heterocycles. The van der Waals surface area contributed by atoms with Crippen LogP contribution >= 0.6 is 0 Å². The molecule has 4 nitrogen and oxygen atoms in total. The Hall–Kier alpha value is -3.14. The van der Waals surface area contributed by atoms with E-state index in [1.165, 1.54) is 56.8 Å². The highest BCUT2D eigenvalue weighted by Gasteiger charge is 2.41. The highest BCUT2D eigenvalue weighted by Crippen LogP contribution is 2.52. The van der Waals surface area contributed by atoms with Gasteiger partial charge in [0.05, 0.1) is 18.1 Å². The van der Waals surface area contributed by atoms with E-state index < -0.39 is 0 Å². The number of fused-ring (bicyclic) bond motifs is 2. The lowest BCUT2D eigenvalue weighted by molar-refractivity contribution is -0.141. The number of H-pyrrole nitrogens is 1. The van der Waals surface area contributed by atoms with Crippen molar-refractivity contribution in [1.29, 1.82) is 0 Å². The van der Waals surface area contributed by atoms with Crippen molar-refractivity contribution in [3.63, 3.8) is 0 Å². The fourth-order valence-corrected chi connectivity index (χ4v) is 6.40. The standard InChI is InChI=1S/C17H18N2.C17H24O2.H2/c1-3-13-11-16-15(10-12(13)2)18-17(19-16)14-8-6-4-5-7-9-14;1-19-17(18)10-12-4-2-5-13(9-8-12)15-7-3-6-14-11-16(14)15;/h4-6,8-11H,3,7H2,1-2H3,(H,18,19);3,6-7,12-14,16H,2,4-5,8-11H2,1H3;1H. The van der Waals surface area contributed by atoms with Crippen molar-refractivity contribution in [1.82, 2.24) is 9.97 Å². The van der Waals surface area contributed by atoms with E-state index in [1.807, 2.05) is 0 Å². The minimum absolute atomic E-state index is 0. The van der Waals surface area contributed by atoms with Crippen LogP contribution in [0.15, 0.2) is 66.3 Å². The number of benzene rings is 1. The molecule has 0 radical (unpaired) electrons. The van der Waals surface area contributed by atoms with E-state index in [0.717, 1.165) is 53.0 Å². The maximum atomic E-state index is 11.4. The van der Waals surface area contributed by atoms with Gasteiger partial charge in [-0.25, -0.2) is 4.98 Å². The van der Waals surface area contributed by atoms with Crippen LogP contribution < -0.4 is 0 Å². The van der Waals surface area contributed by atoms with Gasteiger partial charge in [-0.3, -0.25) is 4.79 Å². The lowest BCUT2D eigenvalue weighted by Crippen LogP contribution is -2.10. The Morgan fingerprint density at radius 2 is 2.05 bits per heavy atom. The number of carbonyl (C=O) groups excluding carboxylic acids is 1. The van der Waals surface area contributed by atoms with Crippen LogP contribution in [0, 0.1) is 30.6 Å². The van der Waals surface area contributed by atoms with Gasteiger partial charge in [-0.2, -0.15) is 0 Å². The van der Waals surface area contributed by atoms with Crippen LogP contribution in [0.3, 0.4) is 0 Å². The summed E-state index contributed by atoms with van der Waals surface area (Å²) in [5.74, 6) is 3.98. The summed E-state index contributed by atoms with van der Waals surface area (Å²) in [6, 6.07) is 4.40. The van der Waals surface area contributed by atoms with Crippen molar-refractivity contribution < 1.29 is 11.0 Å². The van der Waals surface area contributed by atoms with E-state index in [-0.39, 0.29) is 7.40 Å². The number of methoxy groups -OCH3 is 1. The summed E-state index contributed by atoms with van der Waals surface area (Å²) in [4.78, 5) is 19.5. The molecule has 202 valence electrons. The topological polar surface area (TPSA) is 55.0 Å². The third-order valence-electron chi connectivity index (χ3n) is 8.75. The van der Waals surface area contributed by atoms with Gasteiger partial charge in [-0.05, 0) is 98.8 Å². The quantitative estimate of drug-likeness (QED) is 0.323. The minimum Gasteiger partial charge on any atom is -0.469 e. The zero-order valence-corrected chi connectivity index (χ0v) is 23.2. The van der Waals surface area contributed by atoms with Gasteiger partial charge < -0.3 is 9.72 Å². The number of aromatic amines is 1. The summed E-state index contributed by atoms with van der Waals surface area (Å²) in [6.07, 6.45) is 27.8. The molecule has 2 saturated carbocycles. The van der Waals surface area contributed by atoms with E-state index in [1.54, 1.807) is 5.57 Å². The summed E-state index contributed by atoms with van der Waals surface area (Å²) in [5, 5.41) is 0. The number of allylic oxidation sites excluding steroid dienone is 10. The Balaban J connectivity index is 0.000000176. The monoisotopic (exact) mass is 512 g/mol. The van der Waals surface area contributed by atoms with Gasteiger partial charge in [-0.1, -0.05) is 67.5 Å². The number of nitrogens with one attached hydrogen (secondary N) is 1. The van der Waals surface area contributed by atoms with Crippen LogP contribution in [0.1, 0.15) is 76.7 Å². The van der Waals surface area contributed by atoms with Crippen molar-refractivity contribution in [2.24, 2.45) is 23.7 Å². The molecular weight excluding hydrogens is 468 g/mol. The molecule has 0 amide bonds. The number of carbonyl (C=O) groups is 1. The van der Waals surface area contributed by atoms with Gasteiger partial charge in [-0.15, -0.1) is 0 Å². The second kappa shape index (κ2) is 12.1. The van der Waals surface area contributed by atoms with Crippen LogP contribution in [0.2, 0.25) is 0 Å². The van der Waals surface area contributed by atoms with Crippen molar-refractivity contribution in [2.45, 2.75) is 71.6 Å². The molecule has 0 saturated heterocycles. The first-order valence-corrected chi connectivity index (χ1v) is 14.5. The lowest BCUT2D eigenvalue weighted by atomic mass is 9.85. The van der Waals surface area contributed by atoms with Crippen LogP contribution in [0.5, 0.6) is 0 Å². The summed E-state index contributed by atoms with van der Waals surface area (Å²) in [6.45, 7) is 4.34. The van der Waals surface area contributed by atoms with Crippen molar-refractivity contribution in [2.75, 3.05) is 7.11 Å². The number of aryl methyl sites for hydroxylation is 2. The van der Waals surface area contributed by atoms with Gasteiger partial charge >= 0.3 is 5.97 Å². The fraction of sp³-hybridized carbons (Fsp3) is 0.471. The molecule has 4 atom stereocenters. The molecule has 1 heterocycles. The Morgan fingerprint density at radius 1 is 1.16 bits per heavy atom. The largest absolute Gasteiger partial charge is 0.469 e. The number of imidazole rings is 1. The number of esters is 1. The molecule has 2 aromatic rings. The summed E-state index contributed by atoms with van der Waals surface area (Å²) < 4.78 is 4.80. The van der Waals surface area contributed by atoms with E-state index in [2.05, 4.69) is 79.6 Å². The molecular formula is C34H44N2O2. The zero-order valence-electron chi connectivity index (χ0n) is 23.2. The second-order valence-corrected chi connectivity index (χ2v) is 11.3. The van der Waals surface area contributed by atoms with E-state index in [0.29, 0.717) is 12.3 Å². The van der Waals surface area contributed by atoms with E-state index in [4.69, 9.17) is 9.72 Å². The summed E-state index contributed by atoms with van der Waals surface area (Å²) in [7, 11) is 1.49. The SMILES string of the molecule is CCc1cc2nc(C3=CCC=CC=C3)[nH]c2cc1C.COC(=O)CC1CCCC(C2=CC=CC3CC23)CC1.[HH]. The highest BCUT2D eigenvalue weighted by molar-refractivity contribution is 5.82. The van der Waals surface area contributed by atoms with Gasteiger partial charge in [0, 0.05) is 13.4 Å². The molecule has 4 aliphatic rings. The molecule has 4 aliphatic carbocycles. The first-order chi connectivity index (χ1) is 18.6. The van der Waals surface area contributed by atoms with Crippen LogP contribution in [-0.2, 0) is 16.0 Å². The number of aromatic nitrogens is 2. The highest BCUT2D eigenvalue weighted by atomic mass is 16.5. The molecule has 6 rings (SSSR count). The van der Waals surface area contributed by atoms with Gasteiger partial charge in [0.1, 0.15) is 5.82 Å². The molecule has 38 heavy (non-hydrogen) atoms. The second-order valence-electron chi connectivity index (χ2n) is 11.3. The average molecular weight is 513 g/mol. The third-order valence-corrected chi connectivity index (χ3v) is 8.75. The van der Waals surface area contributed by atoms with Gasteiger partial charge in [0.2, 0.25) is 0 Å². The molecule has 0 bridgehead atoms. The number of hydrogen-bond donors (Lipinski definition) is 1. The Morgan fingerprint density at radius 3 is 2.89 bits per heavy atom. The number of ether oxygens (including phenoxy) is 1. The third kappa shape index (κ3) is 6.28. The summed E-state index contributed by atoms with van der Waals surface area (Å²) in [5.41, 5.74) is 7.76. The Labute approximate surface area is 229 Å². The predicted molar refractivity (Wildman–Crippen MR) is 159 cm³/mol. The Kier molecular flexibility index (Phi) is 8.46. The molecule has 1 aromatic heterocycles. The lowest BCUT2D eigenvalue weighted by Gasteiger charge is -2.20. The first-order valence-electron chi connectivity index (χ1n) is 14.5. The average Bonchev–Trinajstić information content (AvgIpc) is 3.71. The molecule has 0 spiro atoms. The van der Waals surface area contributed by atoms with Gasteiger partial charge in [0.15, 0.2) is 0 Å². The Bertz CT molecular complexity index is 1310. The van der Waals surface area contributed by atoms with Crippen LogP contribution in [0.25, 0.3) is 16.6 Å². The summed E-state index contributed by atoms with van der Waals surface area (Å²) >= 11 is 0. The maximum Gasteiger partial charge on any atom is 0.305 e. The molecule has 4 unspecified atom stereocenters.